The van der Waals surface area contributed by atoms with E-state index < -0.39 is 6.04 Å². The molecule has 2 aromatic carbocycles. The quantitative estimate of drug-likeness (QED) is 0.919. The van der Waals surface area contributed by atoms with Gasteiger partial charge in [-0.25, -0.2) is 4.39 Å². The van der Waals surface area contributed by atoms with Crippen molar-refractivity contribution < 1.29 is 9.13 Å². The number of methoxy groups -OCH3 is 1. The highest BCUT2D eigenvalue weighted by molar-refractivity contribution is 5.35. The third-order valence-corrected chi connectivity index (χ3v) is 3.84. The molecule has 0 saturated heterocycles. The molecule has 2 rings (SSSR count). The zero-order chi connectivity index (χ0) is 14.8. The van der Waals surface area contributed by atoms with Gasteiger partial charge in [0, 0.05) is 23.1 Å². The van der Waals surface area contributed by atoms with Gasteiger partial charge in [0.2, 0.25) is 0 Å². The van der Waals surface area contributed by atoms with Crippen molar-refractivity contribution in [3.8, 4) is 5.75 Å². The SMILES string of the molecule is COc1ccc(C(N)C(C)(C)c2ccccc2)c(F)c1. The summed E-state index contributed by atoms with van der Waals surface area (Å²) in [5, 5.41) is 0. The number of benzene rings is 2. The maximum Gasteiger partial charge on any atom is 0.131 e. The van der Waals surface area contributed by atoms with Gasteiger partial charge in [0.1, 0.15) is 11.6 Å². The number of halogens is 1. The van der Waals surface area contributed by atoms with E-state index in [1.807, 2.05) is 44.2 Å². The first-order valence-corrected chi connectivity index (χ1v) is 6.61. The first kappa shape index (κ1) is 14.5. The monoisotopic (exact) mass is 273 g/mol. The Bertz CT molecular complexity index is 581. The maximum atomic E-state index is 14.2. The fourth-order valence-corrected chi connectivity index (χ4v) is 2.32. The van der Waals surface area contributed by atoms with Crippen molar-refractivity contribution in [1.29, 1.82) is 0 Å². The topological polar surface area (TPSA) is 35.2 Å². The van der Waals surface area contributed by atoms with Crippen molar-refractivity contribution >= 4 is 0 Å². The number of ether oxygens (including phenoxy) is 1. The minimum Gasteiger partial charge on any atom is -0.497 e. The first-order chi connectivity index (χ1) is 9.46. The summed E-state index contributed by atoms with van der Waals surface area (Å²) in [7, 11) is 1.52. The fraction of sp³-hybridized carbons (Fsp3) is 0.294. The lowest BCUT2D eigenvalue weighted by Crippen LogP contribution is -2.33. The largest absolute Gasteiger partial charge is 0.497 e. The minimum absolute atomic E-state index is 0.333. The van der Waals surface area contributed by atoms with Crippen molar-refractivity contribution in [3.05, 3.63) is 65.5 Å². The Kier molecular flexibility index (Phi) is 4.09. The molecule has 2 nitrogen and oxygen atoms in total. The van der Waals surface area contributed by atoms with Crippen molar-refractivity contribution in [2.45, 2.75) is 25.3 Å². The van der Waals surface area contributed by atoms with E-state index >= 15 is 0 Å². The Balaban J connectivity index is 2.38. The number of nitrogens with two attached hydrogens (primary N) is 1. The molecule has 0 heterocycles. The summed E-state index contributed by atoms with van der Waals surface area (Å²) >= 11 is 0. The molecule has 0 fully saturated rings. The molecule has 20 heavy (non-hydrogen) atoms. The zero-order valence-electron chi connectivity index (χ0n) is 12.1. The molecule has 106 valence electrons. The third-order valence-electron chi connectivity index (χ3n) is 3.84. The van der Waals surface area contributed by atoms with Gasteiger partial charge < -0.3 is 10.5 Å². The standard InChI is InChI=1S/C17H20FNO/c1-17(2,12-7-5-4-6-8-12)16(19)14-10-9-13(20-3)11-15(14)18/h4-11,16H,19H2,1-3H3. The molecule has 2 aromatic rings. The van der Waals surface area contributed by atoms with E-state index in [4.69, 9.17) is 10.5 Å². The molecule has 0 aromatic heterocycles. The predicted molar refractivity (Wildman–Crippen MR) is 79.3 cm³/mol. The summed E-state index contributed by atoms with van der Waals surface area (Å²) in [6.45, 7) is 4.05. The molecular weight excluding hydrogens is 253 g/mol. The highest BCUT2D eigenvalue weighted by Crippen LogP contribution is 2.36. The van der Waals surface area contributed by atoms with Crippen LogP contribution in [0, 0.1) is 5.82 Å². The molecule has 1 atom stereocenters. The van der Waals surface area contributed by atoms with Crippen LogP contribution in [0.15, 0.2) is 48.5 Å². The number of hydrogen-bond donors (Lipinski definition) is 1. The Morgan fingerprint density at radius 3 is 2.30 bits per heavy atom. The second-order valence-corrected chi connectivity index (χ2v) is 5.45. The molecule has 0 aliphatic rings. The Hall–Kier alpha value is -1.87. The van der Waals surface area contributed by atoms with Gasteiger partial charge in [-0.3, -0.25) is 0 Å². The summed E-state index contributed by atoms with van der Waals surface area (Å²) in [6, 6.07) is 14.3. The van der Waals surface area contributed by atoms with Crippen LogP contribution in [0.4, 0.5) is 4.39 Å². The molecule has 2 N–H and O–H groups in total. The lowest BCUT2D eigenvalue weighted by molar-refractivity contribution is 0.395. The average Bonchev–Trinajstić information content (AvgIpc) is 2.47. The van der Waals surface area contributed by atoms with Gasteiger partial charge in [0.15, 0.2) is 0 Å². The van der Waals surface area contributed by atoms with Crippen LogP contribution in [0.1, 0.15) is 31.0 Å². The molecule has 0 saturated carbocycles. The Labute approximate surface area is 119 Å². The number of hydrogen-bond acceptors (Lipinski definition) is 2. The predicted octanol–water partition coefficient (Wildman–Crippen LogP) is 3.81. The molecule has 1 unspecified atom stereocenters. The van der Waals surface area contributed by atoms with E-state index in [2.05, 4.69) is 0 Å². The average molecular weight is 273 g/mol. The molecule has 0 aliphatic carbocycles. The Morgan fingerprint density at radius 1 is 1.10 bits per heavy atom. The lowest BCUT2D eigenvalue weighted by Gasteiger charge is -2.32. The van der Waals surface area contributed by atoms with E-state index in [9.17, 15) is 4.39 Å². The van der Waals surface area contributed by atoms with Crippen LogP contribution in [0.3, 0.4) is 0 Å². The maximum absolute atomic E-state index is 14.2. The van der Waals surface area contributed by atoms with Crippen LogP contribution in [0.2, 0.25) is 0 Å². The molecule has 3 heteroatoms. The van der Waals surface area contributed by atoms with Crippen LogP contribution >= 0.6 is 0 Å². The smallest absolute Gasteiger partial charge is 0.131 e. The zero-order valence-corrected chi connectivity index (χ0v) is 12.1. The van der Waals surface area contributed by atoms with Crippen LogP contribution in [-0.4, -0.2) is 7.11 Å². The van der Waals surface area contributed by atoms with Gasteiger partial charge in [-0.05, 0) is 11.6 Å². The summed E-state index contributed by atoms with van der Waals surface area (Å²) in [4.78, 5) is 0. The summed E-state index contributed by atoms with van der Waals surface area (Å²) in [5.74, 6) is 0.164. The van der Waals surface area contributed by atoms with Gasteiger partial charge in [0.05, 0.1) is 7.11 Å². The third kappa shape index (κ3) is 2.68. The van der Waals surface area contributed by atoms with Gasteiger partial charge in [0.25, 0.3) is 0 Å². The molecule has 0 aliphatic heterocycles. The van der Waals surface area contributed by atoms with E-state index in [1.54, 1.807) is 12.1 Å². The van der Waals surface area contributed by atoms with Crippen LogP contribution < -0.4 is 10.5 Å². The van der Waals surface area contributed by atoms with Crippen molar-refractivity contribution in [2.24, 2.45) is 5.73 Å². The highest BCUT2D eigenvalue weighted by atomic mass is 19.1. The van der Waals surface area contributed by atoms with Gasteiger partial charge in [-0.1, -0.05) is 50.2 Å². The molecule has 0 spiro atoms. The summed E-state index contributed by atoms with van der Waals surface area (Å²) < 4.78 is 19.2. The fourth-order valence-electron chi connectivity index (χ4n) is 2.32. The minimum atomic E-state index is -0.434. The molecule has 0 radical (unpaired) electrons. The molecular formula is C17H20FNO. The lowest BCUT2D eigenvalue weighted by atomic mass is 9.75. The number of rotatable bonds is 4. The van der Waals surface area contributed by atoms with E-state index in [0.717, 1.165) is 5.56 Å². The van der Waals surface area contributed by atoms with Crippen molar-refractivity contribution in [3.63, 3.8) is 0 Å². The van der Waals surface area contributed by atoms with E-state index in [1.165, 1.54) is 13.2 Å². The highest BCUT2D eigenvalue weighted by Gasteiger charge is 2.31. The summed E-state index contributed by atoms with van der Waals surface area (Å²) in [5.41, 5.74) is 7.54. The second-order valence-electron chi connectivity index (χ2n) is 5.45. The van der Waals surface area contributed by atoms with Gasteiger partial charge in [-0.2, -0.15) is 0 Å². The molecule has 0 amide bonds. The van der Waals surface area contributed by atoms with E-state index in [-0.39, 0.29) is 11.2 Å². The van der Waals surface area contributed by atoms with Crippen LogP contribution in [0.5, 0.6) is 5.75 Å². The first-order valence-electron chi connectivity index (χ1n) is 6.61. The van der Waals surface area contributed by atoms with Crippen LogP contribution in [0.25, 0.3) is 0 Å². The molecule has 0 bridgehead atoms. The van der Waals surface area contributed by atoms with Crippen LogP contribution in [-0.2, 0) is 5.41 Å². The second kappa shape index (κ2) is 5.63. The van der Waals surface area contributed by atoms with Gasteiger partial charge in [-0.15, -0.1) is 0 Å². The normalized spacial score (nSPS) is 13.1. The van der Waals surface area contributed by atoms with E-state index in [0.29, 0.717) is 11.3 Å². The van der Waals surface area contributed by atoms with Crippen molar-refractivity contribution in [1.82, 2.24) is 0 Å². The van der Waals surface area contributed by atoms with Crippen molar-refractivity contribution in [2.75, 3.05) is 7.11 Å². The summed E-state index contributed by atoms with van der Waals surface area (Å²) in [6.07, 6.45) is 0. The Morgan fingerprint density at radius 2 is 1.75 bits per heavy atom. The van der Waals surface area contributed by atoms with Gasteiger partial charge >= 0.3 is 0 Å².